The van der Waals surface area contributed by atoms with Crippen LogP contribution in [0.5, 0.6) is 11.5 Å². The molecule has 24 heavy (non-hydrogen) atoms. The molecular formula is C18H17N3O3. The minimum absolute atomic E-state index is 0.166. The zero-order chi connectivity index (χ0) is 16.9. The third kappa shape index (κ3) is 3.65. The smallest absolute Gasteiger partial charge is 0.238 e. The highest BCUT2D eigenvalue weighted by atomic mass is 16.7. The number of nitrogens with zero attached hydrogens (tertiary/aromatic N) is 2. The number of fused-ring (bicyclic) bond motifs is 1. The zero-order valence-corrected chi connectivity index (χ0v) is 13.3. The molecule has 0 fully saturated rings. The van der Waals surface area contributed by atoms with E-state index >= 15 is 0 Å². The monoisotopic (exact) mass is 323 g/mol. The maximum atomic E-state index is 12.2. The Morgan fingerprint density at radius 2 is 2.04 bits per heavy atom. The first kappa shape index (κ1) is 15.8. The number of ether oxygens (including phenoxy) is 2. The second kappa shape index (κ2) is 7.02. The first-order valence-electron chi connectivity index (χ1n) is 7.52. The summed E-state index contributed by atoms with van der Waals surface area (Å²) in [6.07, 6.45) is 0. The molecule has 6 nitrogen and oxygen atoms in total. The molecule has 0 aliphatic carbocycles. The SMILES string of the molecule is CN(CC(=O)Nc1ccccc1C#N)Cc1ccc2c(c1)OCO2. The van der Waals surface area contributed by atoms with E-state index in [1.165, 1.54) is 0 Å². The highest BCUT2D eigenvalue weighted by Gasteiger charge is 2.15. The van der Waals surface area contributed by atoms with Crippen molar-refractivity contribution in [3.05, 3.63) is 53.6 Å². The third-order valence-electron chi connectivity index (χ3n) is 3.62. The van der Waals surface area contributed by atoms with Gasteiger partial charge in [-0.05, 0) is 36.9 Å². The summed E-state index contributed by atoms with van der Waals surface area (Å²) in [5.74, 6) is 1.31. The fourth-order valence-corrected chi connectivity index (χ4v) is 2.53. The summed E-state index contributed by atoms with van der Waals surface area (Å²) in [6.45, 7) is 1.06. The molecule has 122 valence electrons. The van der Waals surface area contributed by atoms with Gasteiger partial charge in [0.15, 0.2) is 11.5 Å². The van der Waals surface area contributed by atoms with E-state index in [2.05, 4.69) is 11.4 Å². The Bertz CT molecular complexity index is 798. The molecule has 0 unspecified atom stereocenters. The van der Waals surface area contributed by atoms with Gasteiger partial charge in [-0.2, -0.15) is 5.26 Å². The number of nitriles is 1. The van der Waals surface area contributed by atoms with Gasteiger partial charge in [-0.3, -0.25) is 9.69 Å². The predicted octanol–water partition coefficient (Wildman–Crippen LogP) is 2.36. The standard InChI is InChI=1S/C18H17N3O3/c1-21(10-13-6-7-16-17(8-13)24-12-23-16)11-18(22)20-15-5-3-2-4-14(15)9-19/h2-8H,10-12H2,1H3,(H,20,22). The van der Waals surface area contributed by atoms with Crippen LogP contribution < -0.4 is 14.8 Å². The minimum Gasteiger partial charge on any atom is -0.454 e. The lowest BCUT2D eigenvalue weighted by molar-refractivity contribution is -0.117. The second-order valence-corrected chi connectivity index (χ2v) is 5.57. The summed E-state index contributed by atoms with van der Waals surface area (Å²) in [4.78, 5) is 14.1. The molecule has 0 bridgehead atoms. The number of anilines is 1. The van der Waals surface area contributed by atoms with Gasteiger partial charge in [-0.25, -0.2) is 0 Å². The molecule has 1 heterocycles. The first-order valence-corrected chi connectivity index (χ1v) is 7.52. The van der Waals surface area contributed by atoms with Crippen molar-refractivity contribution in [3.8, 4) is 17.6 Å². The van der Waals surface area contributed by atoms with Crippen LogP contribution in [0.15, 0.2) is 42.5 Å². The molecule has 1 aliphatic rings. The topological polar surface area (TPSA) is 74.6 Å². The van der Waals surface area contributed by atoms with Crippen LogP contribution in [0.25, 0.3) is 0 Å². The fraction of sp³-hybridized carbons (Fsp3) is 0.222. The Balaban J connectivity index is 1.57. The van der Waals surface area contributed by atoms with Crippen LogP contribution in [0.3, 0.4) is 0 Å². The zero-order valence-electron chi connectivity index (χ0n) is 13.3. The van der Waals surface area contributed by atoms with Crippen molar-refractivity contribution in [2.24, 2.45) is 0 Å². The number of hydrogen-bond donors (Lipinski definition) is 1. The molecule has 2 aromatic rings. The molecule has 3 rings (SSSR count). The van der Waals surface area contributed by atoms with Crippen LogP contribution in [0.4, 0.5) is 5.69 Å². The van der Waals surface area contributed by atoms with Crippen LogP contribution >= 0.6 is 0 Å². The number of nitrogens with one attached hydrogen (secondary N) is 1. The molecule has 0 aromatic heterocycles. The molecule has 0 radical (unpaired) electrons. The average Bonchev–Trinajstić information content (AvgIpc) is 3.02. The quantitative estimate of drug-likeness (QED) is 0.914. The van der Waals surface area contributed by atoms with Gasteiger partial charge in [0.05, 0.1) is 17.8 Å². The molecule has 0 saturated carbocycles. The number of likely N-dealkylation sites (N-methyl/N-ethyl adjacent to an activating group) is 1. The van der Waals surface area contributed by atoms with Crippen molar-refractivity contribution in [2.75, 3.05) is 25.7 Å². The fourth-order valence-electron chi connectivity index (χ4n) is 2.53. The van der Waals surface area contributed by atoms with Crippen molar-refractivity contribution in [3.63, 3.8) is 0 Å². The molecule has 6 heteroatoms. The minimum atomic E-state index is -0.166. The van der Waals surface area contributed by atoms with E-state index in [-0.39, 0.29) is 19.2 Å². The van der Waals surface area contributed by atoms with Crippen LogP contribution in [-0.4, -0.2) is 31.2 Å². The highest BCUT2D eigenvalue weighted by Crippen LogP contribution is 2.32. The lowest BCUT2D eigenvalue weighted by Crippen LogP contribution is -2.30. The Kier molecular flexibility index (Phi) is 4.64. The number of rotatable bonds is 5. The molecule has 1 amide bonds. The second-order valence-electron chi connectivity index (χ2n) is 5.57. The average molecular weight is 323 g/mol. The van der Waals surface area contributed by atoms with E-state index in [4.69, 9.17) is 14.7 Å². The predicted molar refractivity (Wildman–Crippen MR) is 88.7 cm³/mol. The van der Waals surface area contributed by atoms with Crippen molar-refractivity contribution in [2.45, 2.75) is 6.54 Å². The summed E-state index contributed by atoms with van der Waals surface area (Å²) >= 11 is 0. The largest absolute Gasteiger partial charge is 0.454 e. The van der Waals surface area contributed by atoms with E-state index in [1.54, 1.807) is 24.3 Å². The molecule has 2 aromatic carbocycles. The van der Waals surface area contributed by atoms with E-state index in [0.717, 1.165) is 17.1 Å². The Labute approximate surface area is 140 Å². The van der Waals surface area contributed by atoms with Crippen molar-refractivity contribution >= 4 is 11.6 Å². The van der Waals surface area contributed by atoms with Gasteiger partial charge >= 0.3 is 0 Å². The maximum Gasteiger partial charge on any atom is 0.238 e. The molecule has 0 atom stereocenters. The normalized spacial score (nSPS) is 12.0. The van der Waals surface area contributed by atoms with Gasteiger partial charge in [0.1, 0.15) is 6.07 Å². The van der Waals surface area contributed by atoms with Gasteiger partial charge in [0.25, 0.3) is 0 Å². The Morgan fingerprint density at radius 3 is 2.88 bits per heavy atom. The van der Waals surface area contributed by atoms with Crippen LogP contribution in [-0.2, 0) is 11.3 Å². The number of amides is 1. The molecule has 0 spiro atoms. The maximum absolute atomic E-state index is 12.2. The number of carbonyl (C=O) groups excluding carboxylic acids is 1. The van der Waals surface area contributed by atoms with Gasteiger partial charge in [0, 0.05) is 6.54 Å². The van der Waals surface area contributed by atoms with E-state index < -0.39 is 0 Å². The van der Waals surface area contributed by atoms with E-state index in [9.17, 15) is 4.79 Å². The summed E-state index contributed by atoms with van der Waals surface area (Å²) in [7, 11) is 1.86. The summed E-state index contributed by atoms with van der Waals surface area (Å²) in [6, 6.07) is 14.7. The van der Waals surface area contributed by atoms with Crippen LogP contribution in [0.2, 0.25) is 0 Å². The number of benzene rings is 2. The number of para-hydroxylation sites is 1. The van der Waals surface area contributed by atoms with Gasteiger partial charge < -0.3 is 14.8 Å². The lowest BCUT2D eigenvalue weighted by Gasteiger charge is -2.17. The van der Waals surface area contributed by atoms with Crippen LogP contribution in [0, 0.1) is 11.3 Å². The molecule has 1 aliphatic heterocycles. The molecule has 0 saturated heterocycles. The van der Waals surface area contributed by atoms with Gasteiger partial charge in [0.2, 0.25) is 12.7 Å². The summed E-state index contributed by atoms with van der Waals surface area (Å²) in [5.41, 5.74) is 2.01. The number of carbonyl (C=O) groups is 1. The molecule has 1 N–H and O–H groups in total. The summed E-state index contributed by atoms with van der Waals surface area (Å²) in [5, 5.41) is 11.8. The van der Waals surface area contributed by atoms with Gasteiger partial charge in [-0.15, -0.1) is 0 Å². The first-order chi connectivity index (χ1) is 11.7. The Morgan fingerprint density at radius 1 is 1.25 bits per heavy atom. The molecular weight excluding hydrogens is 306 g/mol. The number of hydrogen-bond acceptors (Lipinski definition) is 5. The third-order valence-corrected chi connectivity index (χ3v) is 3.62. The Hall–Kier alpha value is -3.04. The highest BCUT2D eigenvalue weighted by molar-refractivity contribution is 5.93. The lowest BCUT2D eigenvalue weighted by atomic mass is 10.2. The van der Waals surface area contributed by atoms with Crippen molar-refractivity contribution in [1.29, 1.82) is 5.26 Å². The van der Waals surface area contributed by atoms with Gasteiger partial charge in [-0.1, -0.05) is 18.2 Å². The van der Waals surface area contributed by atoms with E-state index in [0.29, 0.717) is 17.8 Å². The van der Waals surface area contributed by atoms with E-state index in [1.807, 2.05) is 30.1 Å². The van der Waals surface area contributed by atoms with Crippen molar-refractivity contribution in [1.82, 2.24) is 4.90 Å². The van der Waals surface area contributed by atoms with Crippen LogP contribution in [0.1, 0.15) is 11.1 Å². The summed E-state index contributed by atoms with van der Waals surface area (Å²) < 4.78 is 10.6. The van der Waals surface area contributed by atoms with Crippen molar-refractivity contribution < 1.29 is 14.3 Å².